The van der Waals surface area contributed by atoms with Crippen LogP contribution in [0.3, 0.4) is 0 Å². The van der Waals surface area contributed by atoms with Crippen molar-refractivity contribution in [1.82, 2.24) is 0 Å². The summed E-state index contributed by atoms with van der Waals surface area (Å²) < 4.78 is 17.0. The van der Waals surface area contributed by atoms with E-state index in [1.807, 2.05) is 0 Å². The van der Waals surface area contributed by atoms with Crippen molar-refractivity contribution in [2.24, 2.45) is 0 Å². The first kappa shape index (κ1) is 80.6. The van der Waals surface area contributed by atoms with Crippen LogP contribution in [-0.2, 0) is 28.6 Å². The smallest absolute Gasteiger partial charge is 0.306 e. The normalized spacial score (nSPS) is 12.2. The molecule has 6 nitrogen and oxygen atoms in total. The van der Waals surface area contributed by atoms with E-state index < -0.39 is 6.10 Å². The molecule has 0 saturated carbocycles. The molecule has 1 atom stereocenters. The van der Waals surface area contributed by atoms with Gasteiger partial charge in [0.15, 0.2) is 6.10 Å². The van der Waals surface area contributed by atoms with E-state index in [-0.39, 0.29) is 31.1 Å². The number of unbranched alkanes of at least 4 members (excludes halogenated alkanes) is 53. The van der Waals surface area contributed by atoms with Gasteiger partial charge in [0, 0.05) is 19.3 Å². The Morgan fingerprint density at radius 1 is 0.241 bits per heavy atom. The number of rotatable bonds is 70. The lowest BCUT2D eigenvalue weighted by molar-refractivity contribution is -0.167. The summed E-state index contributed by atoms with van der Waals surface area (Å²) in [5, 5.41) is 0. The van der Waals surface area contributed by atoms with Crippen LogP contribution in [-0.4, -0.2) is 37.2 Å². The molecule has 1 unspecified atom stereocenters. The first-order valence-electron chi connectivity index (χ1n) is 37.5. The van der Waals surface area contributed by atoms with Crippen LogP contribution < -0.4 is 0 Å². The van der Waals surface area contributed by atoms with Gasteiger partial charge in [-0.15, -0.1) is 0 Å². The molecule has 0 aliphatic carbocycles. The quantitative estimate of drug-likeness (QED) is 0.0261. The monoisotopic (exact) mass is 1170 g/mol. The lowest BCUT2D eigenvalue weighted by Gasteiger charge is -2.18. The standard InChI is InChI=1S/C77H144O6/c1-4-7-10-13-16-19-22-25-28-30-32-34-36-37-38-39-40-42-43-45-47-49-52-55-58-61-64-67-70-76(79)82-73-74(72-81-75(78)69-66-63-60-57-54-51-27-24-21-18-15-12-9-6-3)83-77(80)71-68-65-62-59-56-53-50-48-46-44-41-35-33-31-29-26-23-20-17-14-11-8-5-2/h15,18,24,27,31,33,74H,4-14,16-17,19-23,25-26,28-30,32,34-73H2,1-3H3/b18-15-,27-24-,33-31-. The Hall–Kier alpha value is -2.37. The number of esters is 3. The van der Waals surface area contributed by atoms with Gasteiger partial charge >= 0.3 is 17.9 Å². The summed E-state index contributed by atoms with van der Waals surface area (Å²) in [5.74, 6) is -0.857. The topological polar surface area (TPSA) is 78.9 Å². The maximum Gasteiger partial charge on any atom is 0.306 e. The highest BCUT2D eigenvalue weighted by Crippen LogP contribution is 2.19. The van der Waals surface area contributed by atoms with Crippen molar-refractivity contribution >= 4 is 17.9 Å². The van der Waals surface area contributed by atoms with Gasteiger partial charge in [0.05, 0.1) is 0 Å². The summed E-state index contributed by atoms with van der Waals surface area (Å²) in [6.07, 6.45) is 90.5. The molecule has 0 rings (SSSR count). The van der Waals surface area contributed by atoms with Crippen LogP contribution >= 0.6 is 0 Å². The second-order valence-corrected chi connectivity index (χ2v) is 25.6. The van der Waals surface area contributed by atoms with E-state index in [0.717, 1.165) is 77.0 Å². The van der Waals surface area contributed by atoms with Crippen molar-refractivity contribution in [3.8, 4) is 0 Å². The molecular formula is C77H144O6. The first-order valence-corrected chi connectivity index (χ1v) is 37.5. The van der Waals surface area contributed by atoms with Crippen molar-refractivity contribution < 1.29 is 28.6 Å². The van der Waals surface area contributed by atoms with Crippen LogP contribution in [0.5, 0.6) is 0 Å². The van der Waals surface area contributed by atoms with Gasteiger partial charge in [0.2, 0.25) is 0 Å². The molecule has 488 valence electrons. The van der Waals surface area contributed by atoms with E-state index in [1.165, 1.54) is 302 Å². The van der Waals surface area contributed by atoms with Crippen molar-refractivity contribution in [3.63, 3.8) is 0 Å². The highest BCUT2D eigenvalue weighted by atomic mass is 16.6. The Bertz CT molecular complexity index is 1380. The van der Waals surface area contributed by atoms with Crippen LogP contribution in [0.4, 0.5) is 0 Å². The van der Waals surface area contributed by atoms with E-state index in [0.29, 0.717) is 19.3 Å². The fraction of sp³-hybridized carbons (Fsp3) is 0.883. The van der Waals surface area contributed by atoms with Gasteiger partial charge in [-0.2, -0.15) is 0 Å². The molecule has 0 bridgehead atoms. The number of allylic oxidation sites excluding steroid dienone is 6. The average Bonchev–Trinajstić information content (AvgIpc) is 3.50. The van der Waals surface area contributed by atoms with Crippen LogP contribution in [0.1, 0.15) is 419 Å². The fourth-order valence-electron chi connectivity index (χ4n) is 11.5. The van der Waals surface area contributed by atoms with E-state index in [2.05, 4.69) is 57.2 Å². The fourth-order valence-corrected chi connectivity index (χ4v) is 11.5. The second kappa shape index (κ2) is 72.1. The Morgan fingerprint density at radius 2 is 0.446 bits per heavy atom. The molecule has 0 spiro atoms. The van der Waals surface area contributed by atoms with Gasteiger partial charge in [-0.25, -0.2) is 0 Å². The predicted molar refractivity (Wildman–Crippen MR) is 362 cm³/mol. The summed E-state index contributed by atoms with van der Waals surface area (Å²) in [6.45, 7) is 6.67. The van der Waals surface area contributed by atoms with Gasteiger partial charge in [-0.3, -0.25) is 14.4 Å². The maximum absolute atomic E-state index is 13.0. The molecule has 0 aliphatic rings. The second-order valence-electron chi connectivity index (χ2n) is 25.6. The molecule has 6 heteroatoms. The summed E-state index contributed by atoms with van der Waals surface area (Å²) in [4.78, 5) is 38.5. The van der Waals surface area contributed by atoms with Gasteiger partial charge in [-0.1, -0.05) is 365 Å². The minimum atomic E-state index is -0.778. The third-order valence-corrected chi connectivity index (χ3v) is 17.1. The van der Waals surface area contributed by atoms with E-state index in [4.69, 9.17) is 14.2 Å². The van der Waals surface area contributed by atoms with Gasteiger partial charge in [0.25, 0.3) is 0 Å². The highest BCUT2D eigenvalue weighted by molar-refractivity contribution is 5.71. The summed E-state index contributed by atoms with van der Waals surface area (Å²) in [7, 11) is 0. The number of ether oxygens (including phenoxy) is 3. The molecule has 0 heterocycles. The lowest BCUT2D eigenvalue weighted by atomic mass is 10.0. The van der Waals surface area contributed by atoms with Crippen LogP contribution in [0, 0.1) is 0 Å². The molecule has 0 aromatic carbocycles. The molecule has 0 aromatic rings. The van der Waals surface area contributed by atoms with Crippen molar-refractivity contribution in [2.75, 3.05) is 13.2 Å². The minimum absolute atomic E-state index is 0.0720. The molecule has 0 amide bonds. The molecule has 0 aromatic heterocycles. The average molecular weight is 1170 g/mol. The third-order valence-electron chi connectivity index (χ3n) is 17.1. The number of carbonyl (C=O) groups excluding carboxylic acids is 3. The number of hydrogen-bond donors (Lipinski definition) is 0. The van der Waals surface area contributed by atoms with E-state index in [1.54, 1.807) is 0 Å². The zero-order valence-corrected chi connectivity index (χ0v) is 56.2. The van der Waals surface area contributed by atoms with E-state index >= 15 is 0 Å². The molecule has 0 saturated heterocycles. The van der Waals surface area contributed by atoms with Gasteiger partial charge in [0.1, 0.15) is 13.2 Å². The van der Waals surface area contributed by atoms with Crippen LogP contribution in [0.25, 0.3) is 0 Å². The SMILES string of the molecule is CCCC/C=C\C/C=C\CCCCCCCC(=O)OCC(COC(=O)CCCCCCCCCCCCCCCCCCCCCCCCCCCCCC)OC(=O)CCCCCCCCCCCCC/C=C\CCCCCCCCCC. The van der Waals surface area contributed by atoms with Crippen LogP contribution in [0.2, 0.25) is 0 Å². The maximum atomic E-state index is 13.0. The molecule has 0 fully saturated rings. The minimum Gasteiger partial charge on any atom is -0.462 e. The zero-order valence-electron chi connectivity index (χ0n) is 56.2. The predicted octanol–water partition coefficient (Wildman–Crippen LogP) is 25.9. The van der Waals surface area contributed by atoms with Gasteiger partial charge < -0.3 is 14.2 Å². The van der Waals surface area contributed by atoms with Gasteiger partial charge in [-0.05, 0) is 70.6 Å². The Labute approximate surface area is 518 Å². The van der Waals surface area contributed by atoms with Crippen molar-refractivity contribution in [3.05, 3.63) is 36.5 Å². The molecule has 0 radical (unpaired) electrons. The van der Waals surface area contributed by atoms with Crippen molar-refractivity contribution in [1.29, 1.82) is 0 Å². The summed E-state index contributed by atoms with van der Waals surface area (Å²) in [5.41, 5.74) is 0. The largest absolute Gasteiger partial charge is 0.462 e. The highest BCUT2D eigenvalue weighted by Gasteiger charge is 2.20. The Morgan fingerprint density at radius 3 is 0.711 bits per heavy atom. The molecule has 0 N–H and O–H groups in total. The summed E-state index contributed by atoms with van der Waals surface area (Å²) in [6, 6.07) is 0. The molecule has 0 aliphatic heterocycles. The lowest BCUT2D eigenvalue weighted by Crippen LogP contribution is -2.30. The zero-order chi connectivity index (χ0) is 59.9. The summed E-state index contributed by atoms with van der Waals surface area (Å²) >= 11 is 0. The van der Waals surface area contributed by atoms with E-state index in [9.17, 15) is 14.4 Å². The number of hydrogen-bond acceptors (Lipinski definition) is 6. The Balaban J connectivity index is 4.21. The molecule has 83 heavy (non-hydrogen) atoms. The molecular weight excluding hydrogens is 1020 g/mol. The Kier molecular flexibility index (Phi) is 70.0. The van der Waals surface area contributed by atoms with Crippen molar-refractivity contribution in [2.45, 2.75) is 425 Å². The van der Waals surface area contributed by atoms with Crippen LogP contribution in [0.15, 0.2) is 36.5 Å². The first-order chi connectivity index (χ1) is 41.0. The number of carbonyl (C=O) groups is 3. The third kappa shape index (κ3) is 70.3.